The lowest BCUT2D eigenvalue weighted by atomic mass is 10.2. The minimum Gasteiger partial charge on any atom is -0.379 e. The fraction of sp³-hybridized carbons (Fsp3) is 0.211. The molecule has 3 aromatic rings. The van der Waals surface area contributed by atoms with E-state index in [9.17, 15) is 4.79 Å². The first-order valence-electron chi connectivity index (χ1n) is 8.11. The topological polar surface area (TPSA) is 58.1 Å². The van der Waals surface area contributed by atoms with E-state index in [0.717, 1.165) is 29.6 Å². The summed E-state index contributed by atoms with van der Waals surface area (Å²) < 4.78 is 0. The van der Waals surface area contributed by atoms with E-state index in [1.807, 2.05) is 53.4 Å². The number of carbonyl (C=O) groups is 1. The van der Waals surface area contributed by atoms with Gasteiger partial charge in [-0.3, -0.25) is 9.78 Å². The van der Waals surface area contributed by atoms with E-state index in [2.05, 4.69) is 15.3 Å². The van der Waals surface area contributed by atoms with Gasteiger partial charge in [0.15, 0.2) is 0 Å². The molecule has 1 aliphatic heterocycles. The highest BCUT2D eigenvalue weighted by Crippen LogP contribution is 2.18. The zero-order valence-corrected chi connectivity index (χ0v) is 13.2. The number of fused-ring (bicyclic) bond motifs is 1. The summed E-state index contributed by atoms with van der Waals surface area (Å²) in [5, 5.41) is 4.48. The second kappa shape index (κ2) is 6.28. The number of amides is 1. The molecule has 0 spiro atoms. The molecule has 24 heavy (non-hydrogen) atoms. The Kier molecular flexibility index (Phi) is 3.83. The Morgan fingerprint density at radius 3 is 2.92 bits per heavy atom. The van der Waals surface area contributed by atoms with Crippen molar-refractivity contribution >= 4 is 22.5 Å². The molecule has 1 aliphatic rings. The Bertz CT molecular complexity index is 865. The number of hydrogen-bond acceptors (Lipinski definition) is 4. The normalized spacial score (nSPS) is 17.2. The highest BCUT2D eigenvalue weighted by Gasteiger charge is 2.27. The summed E-state index contributed by atoms with van der Waals surface area (Å²) >= 11 is 0. The van der Waals surface area contributed by atoms with Crippen LogP contribution in [0.2, 0.25) is 0 Å². The zero-order valence-electron chi connectivity index (χ0n) is 13.2. The molecule has 120 valence electrons. The molecule has 5 heteroatoms. The predicted molar refractivity (Wildman–Crippen MR) is 93.9 cm³/mol. The van der Waals surface area contributed by atoms with Crippen molar-refractivity contribution in [3.8, 4) is 0 Å². The smallest absolute Gasteiger partial charge is 0.272 e. The molecule has 2 aromatic heterocycles. The van der Waals surface area contributed by atoms with E-state index in [4.69, 9.17) is 0 Å². The lowest BCUT2D eigenvalue weighted by molar-refractivity contribution is 0.0786. The molecule has 1 atom stereocenters. The van der Waals surface area contributed by atoms with E-state index < -0.39 is 0 Å². The average Bonchev–Trinajstić information content (AvgIpc) is 3.10. The molecule has 0 bridgehead atoms. The number of hydrogen-bond donors (Lipinski definition) is 1. The second-order valence-electron chi connectivity index (χ2n) is 6.01. The maximum absolute atomic E-state index is 12.7. The van der Waals surface area contributed by atoms with Crippen LogP contribution in [0.3, 0.4) is 0 Å². The predicted octanol–water partition coefficient (Wildman–Crippen LogP) is 2.96. The van der Waals surface area contributed by atoms with Gasteiger partial charge in [-0.05, 0) is 30.7 Å². The first-order valence-corrected chi connectivity index (χ1v) is 8.11. The van der Waals surface area contributed by atoms with E-state index in [0.29, 0.717) is 12.2 Å². The fourth-order valence-corrected chi connectivity index (χ4v) is 3.09. The Labute approximate surface area is 140 Å². The fourth-order valence-electron chi connectivity index (χ4n) is 3.09. The van der Waals surface area contributed by atoms with Crippen molar-refractivity contribution in [2.45, 2.75) is 12.5 Å². The number of para-hydroxylation sites is 1. The lowest BCUT2D eigenvalue weighted by Crippen LogP contribution is -2.32. The number of carbonyl (C=O) groups excluding carboxylic acids is 1. The van der Waals surface area contributed by atoms with Gasteiger partial charge < -0.3 is 10.2 Å². The average molecular weight is 318 g/mol. The number of likely N-dealkylation sites (tertiary alicyclic amines) is 1. The molecule has 0 unspecified atom stereocenters. The van der Waals surface area contributed by atoms with Crippen LogP contribution in [0.25, 0.3) is 10.9 Å². The van der Waals surface area contributed by atoms with Gasteiger partial charge >= 0.3 is 0 Å². The monoisotopic (exact) mass is 318 g/mol. The molecule has 0 radical (unpaired) electrons. The second-order valence-corrected chi connectivity index (χ2v) is 6.01. The molecule has 0 saturated carbocycles. The van der Waals surface area contributed by atoms with Crippen molar-refractivity contribution in [1.82, 2.24) is 14.9 Å². The van der Waals surface area contributed by atoms with E-state index >= 15 is 0 Å². The summed E-state index contributed by atoms with van der Waals surface area (Å²) in [5.74, 6) is -0.00348. The highest BCUT2D eigenvalue weighted by molar-refractivity contribution is 5.95. The number of benzene rings is 1. The standard InChI is InChI=1S/C19H18N4O/c24-19(18-8-7-14-4-1-2-6-17(14)22-18)23-11-9-16(13-23)21-15-5-3-10-20-12-15/h1-8,10,12,16,21H,9,11,13H2/t16-/m0/s1. The van der Waals surface area contributed by atoms with Crippen LogP contribution in [0, 0.1) is 0 Å². The van der Waals surface area contributed by atoms with Crippen LogP contribution < -0.4 is 5.32 Å². The zero-order chi connectivity index (χ0) is 16.4. The van der Waals surface area contributed by atoms with Crippen molar-refractivity contribution in [3.63, 3.8) is 0 Å². The van der Waals surface area contributed by atoms with Gasteiger partial charge in [0.25, 0.3) is 5.91 Å². The van der Waals surface area contributed by atoms with Gasteiger partial charge in [-0.1, -0.05) is 24.3 Å². The van der Waals surface area contributed by atoms with Gasteiger partial charge in [0.1, 0.15) is 5.69 Å². The third-order valence-electron chi connectivity index (χ3n) is 4.33. The van der Waals surface area contributed by atoms with Crippen molar-refractivity contribution < 1.29 is 4.79 Å². The van der Waals surface area contributed by atoms with E-state index in [1.165, 1.54) is 0 Å². The Balaban J connectivity index is 1.46. The van der Waals surface area contributed by atoms with Gasteiger partial charge in [0.2, 0.25) is 0 Å². The molecule has 1 fully saturated rings. The molecule has 1 aromatic carbocycles. The summed E-state index contributed by atoms with van der Waals surface area (Å²) in [6, 6.07) is 15.8. The molecule has 1 saturated heterocycles. The Morgan fingerprint density at radius 2 is 2.04 bits per heavy atom. The summed E-state index contributed by atoms with van der Waals surface area (Å²) in [6.45, 7) is 1.42. The molecular formula is C19H18N4O. The van der Waals surface area contributed by atoms with E-state index in [-0.39, 0.29) is 11.9 Å². The number of aromatic nitrogens is 2. The van der Waals surface area contributed by atoms with Crippen LogP contribution in [-0.2, 0) is 0 Å². The van der Waals surface area contributed by atoms with Crippen molar-refractivity contribution in [3.05, 3.63) is 66.6 Å². The van der Waals surface area contributed by atoms with Crippen LogP contribution in [0.1, 0.15) is 16.9 Å². The number of anilines is 1. The summed E-state index contributed by atoms with van der Waals surface area (Å²) in [7, 11) is 0. The van der Waals surface area contributed by atoms with Crippen LogP contribution >= 0.6 is 0 Å². The number of nitrogens with zero attached hydrogens (tertiary/aromatic N) is 3. The van der Waals surface area contributed by atoms with Crippen LogP contribution in [0.4, 0.5) is 5.69 Å². The maximum atomic E-state index is 12.7. The third kappa shape index (κ3) is 2.93. The third-order valence-corrected chi connectivity index (χ3v) is 4.33. The van der Waals surface area contributed by atoms with Crippen LogP contribution in [0.15, 0.2) is 60.9 Å². The van der Waals surface area contributed by atoms with Crippen LogP contribution in [0.5, 0.6) is 0 Å². The summed E-state index contributed by atoms with van der Waals surface area (Å²) in [4.78, 5) is 23.2. The van der Waals surface area contributed by atoms with Gasteiger partial charge in [-0.15, -0.1) is 0 Å². The first-order chi connectivity index (χ1) is 11.8. The number of nitrogens with one attached hydrogen (secondary N) is 1. The largest absolute Gasteiger partial charge is 0.379 e. The number of pyridine rings is 2. The van der Waals surface area contributed by atoms with Gasteiger partial charge in [-0.25, -0.2) is 4.98 Å². The Hall–Kier alpha value is -2.95. The number of rotatable bonds is 3. The van der Waals surface area contributed by atoms with Gasteiger partial charge in [-0.2, -0.15) is 0 Å². The molecule has 3 heterocycles. The van der Waals surface area contributed by atoms with Gasteiger partial charge in [0.05, 0.1) is 11.2 Å². The van der Waals surface area contributed by atoms with Crippen molar-refractivity contribution in [2.24, 2.45) is 0 Å². The van der Waals surface area contributed by atoms with Crippen LogP contribution in [-0.4, -0.2) is 39.9 Å². The van der Waals surface area contributed by atoms with Crippen molar-refractivity contribution in [2.75, 3.05) is 18.4 Å². The van der Waals surface area contributed by atoms with Crippen molar-refractivity contribution in [1.29, 1.82) is 0 Å². The molecule has 0 aliphatic carbocycles. The lowest BCUT2D eigenvalue weighted by Gasteiger charge is -2.17. The highest BCUT2D eigenvalue weighted by atomic mass is 16.2. The maximum Gasteiger partial charge on any atom is 0.272 e. The molecular weight excluding hydrogens is 300 g/mol. The summed E-state index contributed by atoms with van der Waals surface area (Å²) in [5.41, 5.74) is 2.35. The minimum absolute atomic E-state index is 0.00348. The first kappa shape index (κ1) is 14.6. The minimum atomic E-state index is -0.00348. The molecule has 1 amide bonds. The Morgan fingerprint density at radius 1 is 1.12 bits per heavy atom. The summed E-state index contributed by atoms with van der Waals surface area (Å²) in [6.07, 6.45) is 4.48. The molecule has 4 rings (SSSR count). The van der Waals surface area contributed by atoms with Gasteiger partial charge in [0, 0.05) is 36.9 Å². The molecule has 1 N–H and O–H groups in total. The molecule has 5 nitrogen and oxygen atoms in total. The quantitative estimate of drug-likeness (QED) is 0.806. The van der Waals surface area contributed by atoms with E-state index in [1.54, 1.807) is 12.4 Å². The SMILES string of the molecule is O=C(c1ccc2ccccc2n1)N1CC[C@H](Nc2cccnc2)C1.